The number of ether oxygens (including phenoxy) is 3. The molecule has 12 heteroatoms. The summed E-state index contributed by atoms with van der Waals surface area (Å²) < 4.78 is 14.8. The van der Waals surface area contributed by atoms with Gasteiger partial charge >= 0.3 is 17.9 Å². The highest BCUT2D eigenvalue weighted by molar-refractivity contribution is 5.77. The summed E-state index contributed by atoms with van der Waals surface area (Å²) in [6.45, 7) is 1.08. The van der Waals surface area contributed by atoms with Crippen LogP contribution in [0.5, 0.6) is 0 Å². The second-order valence-electron chi connectivity index (χ2n) is 5.85. The molecule has 0 aromatic carbocycles. The van der Waals surface area contributed by atoms with Crippen molar-refractivity contribution in [3.63, 3.8) is 0 Å². The molecule has 0 spiro atoms. The van der Waals surface area contributed by atoms with Crippen LogP contribution in [-0.4, -0.2) is 75.6 Å². The second-order valence-corrected chi connectivity index (χ2v) is 5.85. The number of aliphatic imine (C=N–C) groups is 3. The molecule has 2 unspecified atom stereocenters. The van der Waals surface area contributed by atoms with Gasteiger partial charge in [-0.15, -0.1) is 0 Å². The topological polar surface area (TPSA) is 167 Å². The van der Waals surface area contributed by atoms with Crippen LogP contribution in [-0.2, 0) is 43.0 Å². The van der Waals surface area contributed by atoms with E-state index in [4.69, 9.17) is 14.2 Å². The summed E-state index contributed by atoms with van der Waals surface area (Å²) in [7, 11) is 0. The lowest BCUT2D eigenvalue weighted by molar-refractivity contribution is -0.152. The molecule has 0 fully saturated rings. The molecule has 2 atom stereocenters. The molecular weight excluding hydrogens is 402 g/mol. The van der Waals surface area contributed by atoms with E-state index < -0.39 is 29.7 Å². The highest BCUT2D eigenvalue weighted by atomic mass is 16.5. The van der Waals surface area contributed by atoms with Gasteiger partial charge < -0.3 is 14.2 Å². The first-order valence-electron chi connectivity index (χ1n) is 9.06. The van der Waals surface area contributed by atoms with Crippen LogP contribution in [0.25, 0.3) is 0 Å². The van der Waals surface area contributed by atoms with Gasteiger partial charge in [-0.25, -0.2) is 29.4 Å². The molecule has 0 heterocycles. The van der Waals surface area contributed by atoms with Crippen LogP contribution in [0.4, 0.5) is 0 Å². The van der Waals surface area contributed by atoms with Gasteiger partial charge in [0.2, 0.25) is 18.2 Å². The van der Waals surface area contributed by atoms with Gasteiger partial charge in [0.25, 0.3) is 0 Å². The van der Waals surface area contributed by atoms with Crippen molar-refractivity contribution < 1.29 is 43.0 Å². The molecule has 0 N–H and O–H groups in total. The lowest BCUT2D eigenvalue weighted by Gasteiger charge is -2.19. The van der Waals surface area contributed by atoms with Crippen LogP contribution < -0.4 is 0 Å². The Morgan fingerprint density at radius 3 is 1.73 bits per heavy atom. The average Bonchev–Trinajstić information content (AvgIpc) is 2.74. The molecule has 0 aliphatic rings. The van der Waals surface area contributed by atoms with Crippen molar-refractivity contribution in [1.29, 1.82) is 0 Å². The summed E-state index contributed by atoms with van der Waals surface area (Å²) in [5.41, 5.74) is 0. The molecule has 0 bridgehead atoms. The van der Waals surface area contributed by atoms with Crippen molar-refractivity contribution >= 4 is 36.1 Å². The van der Waals surface area contributed by atoms with E-state index in [-0.39, 0.29) is 58.7 Å². The number of nitrogens with zero attached hydrogens (tertiary/aromatic N) is 3. The number of esters is 3. The van der Waals surface area contributed by atoms with Crippen LogP contribution >= 0.6 is 0 Å². The third-order valence-electron chi connectivity index (χ3n) is 3.63. The van der Waals surface area contributed by atoms with Crippen molar-refractivity contribution in [2.24, 2.45) is 26.8 Å². The van der Waals surface area contributed by atoms with Crippen molar-refractivity contribution in [3.8, 4) is 0 Å². The molecule has 12 nitrogen and oxygen atoms in total. The molecule has 0 aliphatic heterocycles. The Kier molecular flexibility index (Phi) is 15.6. The zero-order valence-electron chi connectivity index (χ0n) is 16.5. The normalized spacial score (nSPS) is 11.5. The van der Waals surface area contributed by atoms with Crippen molar-refractivity contribution in [3.05, 3.63) is 0 Å². The van der Waals surface area contributed by atoms with Crippen molar-refractivity contribution in [1.82, 2.24) is 0 Å². The molecule has 0 saturated heterocycles. The maximum atomic E-state index is 12.3. The van der Waals surface area contributed by atoms with Crippen LogP contribution in [0.2, 0.25) is 0 Å². The fraction of sp³-hybridized carbons (Fsp3) is 0.667. The summed E-state index contributed by atoms with van der Waals surface area (Å²) >= 11 is 0. The quantitative estimate of drug-likeness (QED) is 0.109. The predicted molar refractivity (Wildman–Crippen MR) is 98.3 cm³/mol. The largest absolute Gasteiger partial charge is 0.464 e. The van der Waals surface area contributed by atoms with E-state index in [1.165, 1.54) is 25.2 Å². The van der Waals surface area contributed by atoms with Crippen LogP contribution in [0.1, 0.15) is 26.2 Å². The summed E-state index contributed by atoms with van der Waals surface area (Å²) in [6, 6.07) is 0. The molecule has 0 radical (unpaired) electrons. The van der Waals surface area contributed by atoms with Gasteiger partial charge in [0.1, 0.15) is 19.8 Å². The van der Waals surface area contributed by atoms with Crippen molar-refractivity contribution in [2.45, 2.75) is 26.2 Å². The number of rotatable bonds is 16. The number of hydrogen-bond acceptors (Lipinski definition) is 12. The zero-order chi connectivity index (χ0) is 22.6. The number of isocyanates is 3. The van der Waals surface area contributed by atoms with Crippen LogP contribution in [0, 0.1) is 11.8 Å². The Morgan fingerprint density at radius 1 is 0.767 bits per heavy atom. The molecule has 0 aliphatic carbocycles. The lowest BCUT2D eigenvalue weighted by Crippen LogP contribution is -2.26. The fourth-order valence-electron chi connectivity index (χ4n) is 2.21. The highest BCUT2D eigenvalue weighted by Gasteiger charge is 2.27. The Morgan fingerprint density at radius 2 is 1.23 bits per heavy atom. The van der Waals surface area contributed by atoms with E-state index in [1.54, 1.807) is 0 Å². The van der Waals surface area contributed by atoms with Gasteiger partial charge in [0.15, 0.2) is 0 Å². The first kappa shape index (κ1) is 26.6. The minimum atomic E-state index is -0.818. The summed E-state index contributed by atoms with van der Waals surface area (Å²) in [5.74, 6) is -3.40. The molecule has 0 saturated carbocycles. The Bertz CT molecular complexity index is 706. The van der Waals surface area contributed by atoms with Crippen molar-refractivity contribution in [2.75, 3.05) is 39.5 Å². The van der Waals surface area contributed by atoms with Crippen LogP contribution in [0.15, 0.2) is 15.0 Å². The number of carbonyl (C=O) groups is 3. The molecule has 0 rings (SSSR count). The molecule has 0 aromatic rings. The Hall–Kier alpha value is -3.45. The Balaban J connectivity index is 4.75. The third kappa shape index (κ3) is 13.7. The van der Waals surface area contributed by atoms with E-state index in [9.17, 15) is 28.8 Å². The maximum Gasteiger partial charge on any atom is 0.309 e. The van der Waals surface area contributed by atoms with Gasteiger partial charge in [-0.05, 0) is 12.8 Å². The van der Waals surface area contributed by atoms with Gasteiger partial charge in [-0.2, -0.15) is 0 Å². The first-order valence-corrected chi connectivity index (χ1v) is 9.06. The van der Waals surface area contributed by atoms with E-state index in [0.717, 1.165) is 0 Å². The third-order valence-corrected chi connectivity index (χ3v) is 3.63. The fourth-order valence-corrected chi connectivity index (χ4v) is 2.21. The zero-order valence-corrected chi connectivity index (χ0v) is 16.5. The average molecular weight is 425 g/mol. The molecular formula is C18H23N3O9. The predicted octanol–water partition coefficient (Wildman–Crippen LogP) is 0.0460. The van der Waals surface area contributed by atoms with Gasteiger partial charge in [-0.1, -0.05) is 6.92 Å². The molecule has 0 amide bonds. The second kappa shape index (κ2) is 17.6. The van der Waals surface area contributed by atoms with E-state index >= 15 is 0 Å². The summed E-state index contributed by atoms with van der Waals surface area (Å²) in [6.07, 6.45) is 3.89. The Labute approximate surface area is 172 Å². The minimum Gasteiger partial charge on any atom is -0.464 e. The number of carbonyl (C=O) groups excluding carboxylic acids is 6. The lowest BCUT2D eigenvalue weighted by atomic mass is 9.92. The smallest absolute Gasteiger partial charge is 0.309 e. The standard InChI is InChI=1S/C18H23N3O9/c1-14(17(26)29-8-5-20-12-23)10-15(18(27)30-9-6-21-13-24)2-3-16(25)28-7-4-19-11-22/h14-15H,2-10H2,1H3. The van der Waals surface area contributed by atoms with Gasteiger partial charge in [0, 0.05) is 6.42 Å². The number of hydrogen-bond donors (Lipinski definition) is 0. The highest BCUT2D eigenvalue weighted by Crippen LogP contribution is 2.21. The molecule has 30 heavy (non-hydrogen) atoms. The van der Waals surface area contributed by atoms with Gasteiger partial charge in [-0.3, -0.25) is 14.4 Å². The van der Waals surface area contributed by atoms with E-state index in [1.807, 2.05) is 0 Å². The van der Waals surface area contributed by atoms with E-state index in [2.05, 4.69) is 15.0 Å². The maximum absolute atomic E-state index is 12.3. The van der Waals surface area contributed by atoms with Crippen LogP contribution in [0.3, 0.4) is 0 Å². The SMILES string of the molecule is CC(CC(CCC(=O)OCCN=C=O)C(=O)OCCN=C=O)C(=O)OCCN=C=O. The summed E-state index contributed by atoms with van der Waals surface area (Å²) in [5, 5.41) is 0. The van der Waals surface area contributed by atoms with Gasteiger partial charge in [0.05, 0.1) is 31.5 Å². The first-order chi connectivity index (χ1) is 14.5. The molecule has 0 aromatic heterocycles. The minimum absolute atomic E-state index is 0.0189. The van der Waals surface area contributed by atoms with E-state index in [0.29, 0.717) is 0 Å². The molecule has 164 valence electrons. The monoisotopic (exact) mass is 425 g/mol. The summed E-state index contributed by atoms with van der Waals surface area (Å²) in [4.78, 5) is 75.8.